The minimum atomic E-state index is -4.24. The van der Waals surface area contributed by atoms with Crippen LogP contribution in [0.3, 0.4) is 0 Å². The molecule has 0 unspecified atom stereocenters. The van der Waals surface area contributed by atoms with E-state index in [0.717, 1.165) is 17.7 Å². The zero-order chi connectivity index (χ0) is 9.90. The third kappa shape index (κ3) is 2.61. The molecule has 13 heavy (non-hydrogen) atoms. The molecule has 1 rings (SSSR count). The molecule has 1 aromatic carbocycles. The van der Waals surface area contributed by atoms with Crippen LogP contribution in [0.15, 0.2) is 30.3 Å². The maximum atomic E-state index is 12.1. The molecule has 0 amide bonds. The molecule has 0 heterocycles. The van der Waals surface area contributed by atoms with Gasteiger partial charge in [-0.3, -0.25) is 0 Å². The van der Waals surface area contributed by atoms with Crippen LogP contribution in [0.5, 0.6) is 0 Å². The summed E-state index contributed by atoms with van der Waals surface area (Å²) < 4.78 is 36.3. The predicted molar refractivity (Wildman–Crippen MR) is 46.2 cm³/mol. The maximum Gasteiger partial charge on any atom is 0.416 e. The third-order valence-corrected chi connectivity index (χ3v) is 1.60. The summed E-state index contributed by atoms with van der Waals surface area (Å²) in [5.74, 6) is 0. The van der Waals surface area contributed by atoms with E-state index < -0.39 is 11.7 Å². The second-order valence-electron chi connectivity index (χ2n) is 2.62. The van der Waals surface area contributed by atoms with Crippen molar-refractivity contribution in [2.45, 2.75) is 13.1 Å². The molecule has 70 valence electrons. The summed E-state index contributed by atoms with van der Waals surface area (Å²) in [5.41, 5.74) is 0.163. The second-order valence-corrected chi connectivity index (χ2v) is 2.62. The Hall–Kier alpha value is -1.25. The van der Waals surface area contributed by atoms with Gasteiger partial charge < -0.3 is 0 Å². The molecule has 0 aliphatic rings. The largest absolute Gasteiger partial charge is 0.416 e. The van der Waals surface area contributed by atoms with Crippen molar-refractivity contribution in [2.24, 2.45) is 0 Å². The van der Waals surface area contributed by atoms with E-state index in [1.807, 2.05) is 6.92 Å². The van der Waals surface area contributed by atoms with Gasteiger partial charge in [-0.2, -0.15) is 13.2 Å². The molecule has 0 N–H and O–H groups in total. The Morgan fingerprint density at radius 3 is 2.00 bits per heavy atom. The van der Waals surface area contributed by atoms with E-state index in [9.17, 15) is 13.2 Å². The first-order valence-corrected chi connectivity index (χ1v) is 3.84. The lowest BCUT2D eigenvalue weighted by molar-refractivity contribution is -0.137. The Balaban J connectivity index is 2.94. The number of hydrogen-bond acceptors (Lipinski definition) is 0. The number of benzene rings is 1. The van der Waals surface area contributed by atoms with Gasteiger partial charge in [-0.1, -0.05) is 24.3 Å². The van der Waals surface area contributed by atoms with Crippen LogP contribution < -0.4 is 0 Å². The summed E-state index contributed by atoms with van der Waals surface area (Å²) >= 11 is 0. The van der Waals surface area contributed by atoms with Crippen molar-refractivity contribution in [1.29, 1.82) is 0 Å². The first-order chi connectivity index (χ1) is 6.04. The zero-order valence-corrected chi connectivity index (χ0v) is 7.10. The molecule has 0 fully saturated rings. The van der Waals surface area contributed by atoms with Gasteiger partial charge in [0.05, 0.1) is 5.56 Å². The molecule has 1 aromatic rings. The van der Waals surface area contributed by atoms with E-state index in [2.05, 4.69) is 0 Å². The molecule has 0 aliphatic carbocycles. The SMILES string of the molecule is C/C=C/c1ccc(C(F)(F)F)cc1. The summed E-state index contributed by atoms with van der Waals surface area (Å²) in [6.45, 7) is 1.82. The van der Waals surface area contributed by atoms with Gasteiger partial charge in [0.2, 0.25) is 0 Å². The van der Waals surface area contributed by atoms with Gasteiger partial charge in [0.15, 0.2) is 0 Å². The van der Waals surface area contributed by atoms with E-state index in [4.69, 9.17) is 0 Å². The summed E-state index contributed by atoms with van der Waals surface area (Å²) in [4.78, 5) is 0. The highest BCUT2D eigenvalue weighted by Gasteiger charge is 2.29. The van der Waals surface area contributed by atoms with Crippen LogP contribution in [0.2, 0.25) is 0 Å². The Bertz CT molecular complexity index is 293. The highest BCUT2D eigenvalue weighted by molar-refractivity contribution is 5.49. The second kappa shape index (κ2) is 3.64. The van der Waals surface area contributed by atoms with Gasteiger partial charge in [0.25, 0.3) is 0 Å². The fourth-order valence-electron chi connectivity index (χ4n) is 0.976. The topological polar surface area (TPSA) is 0 Å². The molecule has 0 saturated heterocycles. The number of allylic oxidation sites excluding steroid dienone is 1. The van der Waals surface area contributed by atoms with E-state index in [1.165, 1.54) is 12.1 Å². The van der Waals surface area contributed by atoms with Crippen molar-refractivity contribution in [3.8, 4) is 0 Å². The van der Waals surface area contributed by atoms with Gasteiger partial charge in [0, 0.05) is 0 Å². The Morgan fingerprint density at radius 1 is 1.08 bits per heavy atom. The number of hydrogen-bond donors (Lipinski definition) is 0. The average molecular weight is 186 g/mol. The Kier molecular flexibility index (Phi) is 2.76. The molecular weight excluding hydrogens is 177 g/mol. The first-order valence-electron chi connectivity index (χ1n) is 3.84. The molecule has 0 nitrogen and oxygen atoms in total. The molecule has 0 bridgehead atoms. The molecule has 0 spiro atoms. The first kappa shape index (κ1) is 9.84. The Morgan fingerprint density at radius 2 is 1.62 bits per heavy atom. The third-order valence-electron chi connectivity index (χ3n) is 1.60. The van der Waals surface area contributed by atoms with E-state index in [-0.39, 0.29) is 0 Å². The quantitative estimate of drug-likeness (QED) is 0.626. The van der Waals surface area contributed by atoms with Crippen LogP contribution in [0.25, 0.3) is 6.08 Å². The van der Waals surface area contributed by atoms with Crippen LogP contribution in [0.1, 0.15) is 18.1 Å². The predicted octanol–water partition coefficient (Wildman–Crippen LogP) is 3.74. The van der Waals surface area contributed by atoms with Crippen molar-refractivity contribution >= 4 is 6.08 Å². The van der Waals surface area contributed by atoms with Crippen molar-refractivity contribution in [3.63, 3.8) is 0 Å². The minimum absolute atomic E-state index is 0.610. The van der Waals surface area contributed by atoms with E-state index in [1.54, 1.807) is 12.2 Å². The van der Waals surface area contributed by atoms with E-state index >= 15 is 0 Å². The zero-order valence-electron chi connectivity index (χ0n) is 7.10. The highest BCUT2D eigenvalue weighted by Crippen LogP contribution is 2.29. The van der Waals surface area contributed by atoms with Crippen LogP contribution in [-0.2, 0) is 6.18 Å². The van der Waals surface area contributed by atoms with Gasteiger partial charge in [-0.25, -0.2) is 0 Å². The van der Waals surface area contributed by atoms with Crippen LogP contribution >= 0.6 is 0 Å². The van der Waals surface area contributed by atoms with Crippen molar-refractivity contribution in [2.75, 3.05) is 0 Å². The molecule has 0 aromatic heterocycles. The normalized spacial score (nSPS) is 12.3. The van der Waals surface area contributed by atoms with Crippen LogP contribution in [0, 0.1) is 0 Å². The van der Waals surface area contributed by atoms with Crippen molar-refractivity contribution in [1.82, 2.24) is 0 Å². The number of alkyl halides is 3. The summed E-state index contributed by atoms with van der Waals surface area (Å²) in [6, 6.07) is 5.05. The molecule has 0 aliphatic heterocycles. The molecule has 0 saturated carbocycles. The lowest BCUT2D eigenvalue weighted by Gasteiger charge is -2.05. The minimum Gasteiger partial charge on any atom is -0.166 e. The summed E-state index contributed by atoms with van der Waals surface area (Å²) in [5, 5.41) is 0. The van der Waals surface area contributed by atoms with Gasteiger partial charge in [-0.05, 0) is 24.6 Å². The van der Waals surface area contributed by atoms with Crippen LogP contribution in [-0.4, -0.2) is 0 Å². The standard InChI is InChI=1S/C10H9F3/c1-2-3-8-4-6-9(7-5-8)10(11,12)13/h2-7H,1H3/b3-2+. The average Bonchev–Trinajstić information content (AvgIpc) is 2.04. The maximum absolute atomic E-state index is 12.1. The summed E-state index contributed by atoms with van der Waals surface area (Å²) in [7, 11) is 0. The van der Waals surface area contributed by atoms with Crippen LogP contribution in [0.4, 0.5) is 13.2 Å². The van der Waals surface area contributed by atoms with Gasteiger partial charge >= 0.3 is 6.18 Å². The lowest BCUT2D eigenvalue weighted by Crippen LogP contribution is -2.03. The molecule has 0 atom stereocenters. The number of halogens is 3. The fraction of sp³-hybridized carbons (Fsp3) is 0.200. The lowest BCUT2D eigenvalue weighted by atomic mass is 10.1. The van der Waals surface area contributed by atoms with Crippen molar-refractivity contribution in [3.05, 3.63) is 41.5 Å². The molecular formula is C10H9F3. The monoisotopic (exact) mass is 186 g/mol. The summed E-state index contributed by atoms with van der Waals surface area (Å²) in [6.07, 6.45) is -0.711. The Labute approximate surface area is 74.7 Å². The fourth-order valence-corrected chi connectivity index (χ4v) is 0.976. The van der Waals surface area contributed by atoms with E-state index in [0.29, 0.717) is 0 Å². The van der Waals surface area contributed by atoms with Gasteiger partial charge in [-0.15, -0.1) is 0 Å². The van der Waals surface area contributed by atoms with Gasteiger partial charge in [0.1, 0.15) is 0 Å². The van der Waals surface area contributed by atoms with Crippen molar-refractivity contribution < 1.29 is 13.2 Å². The molecule has 3 heteroatoms. The highest BCUT2D eigenvalue weighted by atomic mass is 19.4. The number of rotatable bonds is 1. The molecule has 0 radical (unpaired) electrons. The smallest absolute Gasteiger partial charge is 0.166 e.